The Kier molecular flexibility index (Phi) is 25.4. The van der Waals surface area contributed by atoms with E-state index in [1.54, 1.807) is 41.5 Å². The molecule has 4 atom stereocenters. The van der Waals surface area contributed by atoms with Crippen molar-refractivity contribution in [2.75, 3.05) is 14.2 Å². The topological polar surface area (TPSA) is 187 Å². The van der Waals surface area contributed by atoms with Crippen molar-refractivity contribution in [2.24, 2.45) is 0 Å². The van der Waals surface area contributed by atoms with E-state index in [1.807, 2.05) is 103 Å². The zero-order chi connectivity index (χ0) is 42.9. The fraction of sp³-hybridized carbons (Fsp3) is 0.409. The number of carbonyl (C=O) groups is 6. The van der Waals surface area contributed by atoms with Crippen molar-refractivity contribution in [1.82, 2.24) is 21.3 Å². The summed E-state index contributed by atoms with van der Waals surface area (Å²) in [6.45, 7) is 10.5. The van der Waals surface area contributed by atoms with Gasteiger partial charge in [-0.3, -0.25) is 9.59 Å². The van der Waals surface area contributed by atoms with Crippen LogP contribution in [0.5, 0.6) is 0 Å². The normalized spacial score (nSPS) is 19.5. The molecule has 0 aromatic carbocycles. The third kappa shape index (κ3) is 21.5. The molecule has 4 saturated carbocycles. The molecular formula is C44H56Fe2N4O10+4. The van der Waals surface area contributed by atoms with Crippen LogP contribution < -0.4 is 21.3 Å². The fourth-order valence-electron chi connectivity index (χ4n) is 5.68. The first kappa shape index (κ1) is 55.5. The second kappa shape index (κ2) is 27.5. The predicted octanol–water partition coefficient (Wildman–Crippen LogP) is 4.25. The van der Waals surface area contributed by atoms with Gasteiger partial charge in [-0.1, -0.05) is 0 Å². The number of carbonyl (C=O) groups excluding carboxylic acids is 6. The summed E-state index contributed by atoms with van der Waals surface area (Å²) >= 11 is 0. The SMILES string of the molecule is COC(=O)[C@H](C[C]1[CH][CH][CH][CH]1)NC(=O)[C@H](C[C]1[CH][CH][CH][CH]1)NC(=O)OC(C)(C)C.COC(=O)[C@H](C[C]1[CH][CH][CH][CH]1)NC(=O)[C@H](C[C]1[CH][CH][CH][CH]1)NC(=O)OC(C)(C)C.[Fe+2].[Fe+2]. The third-order valence-corrected chi connectivity index (χ3v) is 8.31. The van der Waals surface area contributed by atoms with Crippen LogP contribution >= 0.6 is 0 Å². The molecule has 0 aromatic rings. The first-order valence-electron chi connectivity index (χ1n) is 18.9. The van der Waals surface area contributed by atoms with Crippen molar-refractivity contribution < 1.29 is 81.9 Å². The molecule has 0 heterocycles. The average Bonchev–Trinajstić information content (AvgIpc) is 3.98. The minimum Gasteiger partial charge on any atom is -0.467 e. The number of methoxy groups -OCH3 is 2. The first-order chi connectivity index (χ1) is 27.3. The first-order valence-corrected chi connectivity index (χ1v) is 18.9. The van der Waals surface area contributed by atoms with Crippen molar-refractivity contribution in [3.8, 4) is 0 Å². The number of amides is 4. The van der Waals surface area contributed by atoms with Crippen LogP contribution in [-0.2, 0) is 72.3 Å². The third-order valence-electron chi connectivity index (χ3n) is 8.31. The fourth-order valence-corrected chi connectivity index (χ4v) is 5.68. The molecule has 16 heteroatoms. The minimum absolute atomic E-state index is 0. The molecule has 324 valence electrons. The zero-order valence-corrected chi connectivity index (χ0v) is 37.4. The Morgan fingerprint density at radius 2 is 0.667 bits per heavy atom. The summed E-state index contributed by atoms with van der Waals surface area (Å²) in [5.74, 6) is 1.48. The van der Waals surface area contributed by atoms with E-state index in [4.69, 9.17) is 18.9 Å². The van der Waals surface area contributed by atoms with Gasteiger partial charge >= 0.3 is 58.3 Å². The van der Waals surface area contributed by atoms with Gasteiger partial charge in [-0.25, -0.2) is 19.2 Å². The van der Waals surface area contributed by atoms with E-state index in [0.29, 0.717) is 12.8 Å². The molecule has 4 N–H and O–H groups in total. The summed E-state index contributed by atoms with van der Waals surface area (Å²) in [6, 6.07) is -3.53. The molecule has 4 amide bonds. The van der Waals surface area contributed by atoms with Crippen molar-refractivity contribution >= 4 is 35.9 Å². The molecule has 20 radical (unpaired) electrons. The Bertz CT molecular complexity index is 1230. The second-order valence-corrected chi connectivity index (χ2v) is 15.6. The van der Waals surface area contributed by atoms with Gasteiger partial charge in [0.1, 0.15) is 35.4 Å². The predicted molar refractivity (Wildman–Crippen MR) is 214 cm³/mol. The number of hydrogen-bond acceptors (Lipinski definition) is 10. The molecule has 14 nitrogen and oxygen atoms in total. The van der Waals surface area contributed by atoms with Crippen molar-refractivity contribution in [3.63, 3.8) is 0 Å². The second-order valence-electron chi connectivity index (χ2n) is 15.6. The van der Waals surface area contributed by atoms with Crippen LogP contribution in [-0.4, -0.2) is 85.5 Å². The Labute approximate surface area is 380 Å². The van der Waals surface area contributed by atoms with E-state index in [9.17, 15) is 28.8 Å². The number of ether oxygens (including phenoxy) is 4. The number of nitrogens with one attached hydrogen (secondary N) is 4. The van der Waals surface area contributed by atoms with Crippen molar-refractivity contribution in [1.29, 1.82) is 0 Å². The molecule has 0 spiro atoms. The zero-order valence-electron chi connectivity index (χ0n) is 35.2. The minimum atomic E-state index is -0.904. The molecule has 4 fully saturated rings. The largest absolute Gasteiger partial charge is 2.00 e. The molecule has 0 saturated heterocycles. The van der Waals surface area contributed by atoms with Gasteiger partial charge in [0, 0.05) is 0 Å². The van der Waals surface area contributed by atoms with Crippen LogP contribution in [0.25, 0.3) is 0 Å². The summed E-state index contributed by atoms with van der Waals surface area (Å²) in [5, 5.41) is 10.6. The molecule has 0 unspecified atom stereocenters. The molecule has 60 heavy (non-hydrogen) atoms. The number of hydrogen-bond donors (Lipinski definition) is 4. The van der Waals surface area contributed by atoms with E-state index < -0.39 is 71.3 Å². The van der Waals surface area contributed by atoms with Gasteiger partial charge in [-0.05, 0) is 194 Å². The van der Waals surface area contributed by atoms with Gasteiger partial charge in [-0.15, -0.1) is 0 Å². The quantitative estimate of drug-likeness (QED) is 0.0992. The summed E-state index contributed by atoms with van der Waals surface area (Å²) in [4.78, 5) is 74.7. The molecule has 4 aliphatic rings. The van der Waals surface area contributed by atoms with Gasteiger partial charge in [0.15, 0.2) is 0 Å². The Hall–Kier alpha value is -2.54. The number of esters is 2. The maximum atomic E-state index is 12.9. The molecule has 4 aliphatic carbocycles. The maximum absolute atomic E-state index is 12.9. The van der Waals surface area contributed by atoms with E-state index in [1.165, 1.54) is 14.2 Å². The molecule has 0 bridgehead atoms. The summed E-state index contributed by atoms with van der Waals surface area (Å²) < 4.78 is 20.2. The number of rotatable bonds is 16. The maximum Gasteiger partial charge on any atom is 2.00 e. The standard InChI is InChI=1S/2C22H28N2O5.2Fe/c2*1-22(2,3)29-21(27)24-17(13-15-9-5-6-10-15)19(25)23-18(20(26)28-4)14-16-11-7-8-12-16;;/h2*5-12,17-18H,13-14H2,1-4H3,(H,23,25)(H,24,27);;/q;;2*+2/t2*17-,18-;;/m00../s1. The Morgan fingerprint density at radius 3 is 0.883 bits per heavy atom. The molecule has 0 aliphatic heterocycles. The van der Waals surface area contributed by atoms with Crippen LogP contribution in [0.3, 0.4) is 0 Å². The monoisotopic (exact) mass is 912 g/mol. The smallest absolute Gasteiger partial charge is 0.467 e. The Balaban J connectivity index is 0.000000581. The molecule has 0 aromatic heterocycles. The van der Waals surface area contributed by atoms with Crippen molar-refractivity contribution in [2.45, 2.75) is 103 Å². The summed E-state index contributed by atoms with van der Waals surface area (Å²) in [5.41, 5.74) is -1.39. The number of alkyl carbamates (subject to hydrolysis) is 2. The van der Waals surface area contributed by atoms with E-state index in [0.717, 1.165) is 23.7 Å². The van der Waals surface area contributed by atoms with Crippen LogP contribution in [0.1, 0.15) is 67.2 Å². The van der Waals surface area contributed by atoms with Crippen LogP contribution in [0, 0.1) is 126 Å². The average molecular weight is 913 g/mol. The van der Waals surface area contributed by atoms with E-state index in [2.05, 4.69) is 21.3 Å². The van der Waals surface area contributed by atoms with Gasteiger partial charge < -0.3 is 40.2 Å². The molecule has 4 rings (SSSR count). The van der Waals surface area contributed by atoms with Crippen LogP contribution in [0.15, 0.2) is 0 Å². The van der Waals surface area contributed by atoms with Gasteiger partial charge in [0.2, 0.25) is 11.8 Å². The Morgan fingerprint density at radius 1 is 0.433 bits per heavy atom. The van der Waals surface area contributed by atoms with Crippen LogP contribution in [0.4, 0.5) is 9.59 Å². The summed E-state index contributed by atoms with van der Waals surface area (Å²) in [6.07, 6.45) is 29.4. The van der Waals surface area contributed by atoms with Crippen molar-refractivity contribution in [3.05, 3.63) is 126 Å². The van der Waals surface area contributed by atoms with Crippen LogP contribution in [0.2, 0.25) is 0 Å². The van der Waals surface area contributed by atoms with Gasteiger partial charge in [0.25, 0.3) is 0 Å². The van der Waals surface area contributed by atoms with Gasteiger partial charge in [-0.2, -0.15) is 0 Å². The molecular weight excluding hydrogens is 856 g/mol. The van der Waals surface area contributed by atoms with E-state index >= 15 is 0 Å². The van der Waals surface area contributed by atoms with E-state index in [-0.39, 0.29) is 47.0 Å². The van der Waals surface area contributed by atoms with Gasteiger partial charge in [0.05, 0.1) is 14.2 Å². The summed E-state index contributed by atoms with van der Waals surface area (Å²) in [7, 11) is 2.54.